The molecule has 0 aliphatic heterocycles. The molecule has 0 aliphatic carbocycles. The van der Waals surface area contributed by atoms with E-state index in [2.05, 4.69) is 45.0 Å². The van der Waals surface area contributed by atoms with E-state index in [1.165, 1.54) is 28.5 Å². The first-order valence-electron chi connectivity index (χ1n) is 7.48. The largest absolute Gasteiger partial charge is 0.351 e. The lowest BCUT2D eigenvalue weighted by Gasteiger charge is -2.14. The van der Waals surface area contributed by atoms with Crippen molar-refractivity contribution in [3.8, 4) is 0 Å². The van der Waals surface area contributed by atoms with Gasteiger partial charge in [0.05, 0.1) is 5.69 Å². The molecule has 0 aliphatic rings. The van der Waals surface area contributed by atoms with E-state index < -0.39 is 0 Å². The van der Waals surface area contributed by atoms with Crippen LogP contribution >= 0.6 is 11.3 Å². The van der Waals surface area contributed by atoms with Gasteiger partial charge in [-0.05, 0) is 25.3 Å². The second-order valence-electron chi connectivity index (χ2n) is 5.52. The molecule has 0 atom stereocenters. The Morgan fingerprint density at radius 2 is 2.05 bits per heavy atom. The van der Waals surface area contributed by atoms with Gasteiger partial charge in [0.1, 0.15) is 0 Å². The summed E-state index contributed by atoms with van der Waals surface area (Å²) in [5.74, 6) is 0.699. The molecular formula is C15H29N3S. The molecule has 19 heavy (non-hydrogen) atoms. The van der Waals surface area contributed by atoms with Crippen LogP contribution in [-0.4, -0.2) is 25.1 Å². The third kappa shape index (κ3) is 5.49. The van der Waals surface area contributed by atoms with Gasteiger partial charge in [0, 0.05) is 25.0 Å². The molecule has 0 saturated heterocycles. The molecule has 0 radical (unpaired) electrons. The van der Waals surface area contributed by atoms with Crippen LogP contribution in [0.15, 0.2) is 0 Å². The van der Waals surface area contributed by atoms with Crippen LogP contribution in [0.3, 0.4) is 0 Å². The van der Waals surface area contributed by atoms with Crippen molar-refractivity contribution in [2.24, 2.45) is 5.92 Å². The minimum atomic E-state index is 0.699. The van der Waals surface area contributed by atoms with Crippen LogP contribution in [0.4, 0.5) is 5.13 Å². The number of nitrogens with one attached hydrogen (secondary N) is 1. The van der Waals surface area contributed by atoms with Gasteiger partial charge in [-0.1, -0.05) is 34.1 Å². The maximum atomic E-state index is 4.78. The molecule has 0 spiro atoms. The summed E-state index contributed by atoms with van der Waals surface area (Å²) in [6.07, 6.45) is 3.49. The summed E-state index contributed by atoms with van der Waals surface area (Å²) in [5, 5.41) is 4.70. The van der Waals surface area contributed by atoms with Crippen molar-refractivity contribution >= 4 is 16.5 Å². The molecule has 0 saturated carbocycles. The minimum Gasteiger partial charge on any atom is -0.351 e. The molecular weight excluding hydrogens is 254 g/mol. The lowest BCUT2D eigenvalue weighted by Crippen LogP contribution is -2.19. The first-order valence-corrected chi connectivity index (χ1v) is 8.30. The molecule has 110 valence electrons. The Balaban J connectivity index is 2.62. The number of aromatic nitrogens is 1. The lowest BCUT2D eigenvalue weighted by atomic mass is 10.2. The van der Waals surface area contributed by atoms with E-state index in [0.29, 0.717) is 5.92 Å². The van der Waals surface area contributed by atoms with E-state index >= 15 is 0 Å². The van der Waals surface area contributed by atoms with Gasteiger partial charge in [-0.2, -0.15) is 0 Å². The van der Waals surface area contributed by atoms with Gasteiger partial charge in [-0.15, -0.1) is 11.3 Å². The van der Waals surface area contributed by atoms with Crippen molar-refractivity contribution in [1.82, 2.24) is 10.3 Å². The zero-order valence-electron chi connectivity index (χ0n) is 13.1. The smallest absolute Gasteiger partial charge is 0.185 e. The molecule has 4 heteroatoms. The molecule has 0 aromatic carbocycles. The molecule has 0 bridgehead atoms. The summed E-state index contributed by atoms with van der Waals surface area (Å²) < 4.78 is 0. The quantitative estimate of drug-likeness (QED) is 0.749. The molecule has 3 nitrogen and oxygen atoms in total. The Morgan fingerprint density at radius 1 is 1.32 bits per heavy atom. The number of rotatable bonds is 9. The zero-order valence-corrected chi connectivity index (χ0v) is 13.9. The fourth-order valence-electron chi connectivity index (χ4n) is 1.91. The van der Waals surface area contributed by atoms with Gasteiger partial charge >= 0.3 is 0 Å². The number of thiazole rings is 1. The predicted octanol–water partition coefficient (Wildman–Crippen LogP) is 3.69. The van der Waals surface area contributed by atoms with Gasteiger partial charge < -0.3 is 10.2 Å². The Hall–Kier alpha value is -0.610. The van der Waals surface area contributed by atoms with Crippen molar-refractivity contribution in [2.45, 2.75) is 53.5 Å². The van der Waals surface area contributed by atoms with Gasteiger partial charge in [-0.25, -0.2) is 4.98 Å². The standard InChI is InChI=1S/C15H29N3S/c1-6-8-9-18(5)15-17-13(7-2)14(19-15)11-16-10-12(3)4/h12,16H,6-11H2,1-5H3. The predicted molar refractivity (Wildman–Crippen MR) is 86.2 cm³/mol. The van der Waals surface area contributed by atoms with E-state index in [9.17, 15) is 0 Å². The summed E-state index contributed by atoms with van der Waals surface area (Å²) in [4.78, 5) is 8.48. The van der Waals surface area contributed by atoms with E-state index in [1.807, 2.05) is 11.3 Å². The van der Waals surface area contributed by atoms with Crippen LogP contribution in [-0.2, 0) is 13.0 Å². The summed E-state index contributed by atoms with van der Waals surface area (Å²) in [7, 11) is 2.15. The summed E-state index contributed by atoms with van der Waals surface area (Å²) in [6, 6.07) is 0. The molecule has 1 heterocycles. The van der Waals surface area contributed by atoms with Gasteiger partial charge in [0.2, 0.25) is 0 Å². The topological polar surface area (TPSA) is 28.2 Å². The highest BCUT2D eigenvalue weighted by molar-refractivity contribution is 7.15. The Kier molecular flexibility index (Phi) is 7.39. The Morgan fingerprint density at radius 3 is 2.63 bits per heavy atom. The average Bonchev–Trinajstić information content (AvgIpc) is 2.79. The van der Waals surface area contributed by atoms with E-state index in [4.69, 9.17) is 4.98 Å². The Bertz CT molecular complexity index is 360. The number of nitrogens with zero attached hydrogens (tertiary/aromatic N) is 2. The maximum Gasteiger partial charge on any atom is 0.185 e. The second-order valence-corrected chi connectivity index (χ2v) is 6.58. The van der Waals surface area contributed by atoms with Crippen LogP contribution in [0.2, 0.25) is 0 Å². The summed E-state index contributed by atoms with van der Waals surface area (Å²) in [6.45, 7) is 12.0. The SMILES string of the molecule is CCCCN(C)c1nc(CC)c(CNCC(C)C)s1. The molecule has 0 amide bonds. The van der Waals surface area contributed by atoms with Crippen LogP contribution in [0.5, 0.6) is 0 Å². The highest BCUT2D eigenvalue weighted by atomic mass is 32.1. The van der Waals surface area contributed by atoms with Crippen LogP contribution in [0.1, 0.15) is 51.1 Å². The van der Waals surface area contributed by atoms with E-state index in [1.54, 1.807) is 0 Å². The van der Waals surface area contributed by atoms with Crippen molar-refractivity contribution < 1.29 is 0 Å². The maximum absolute atomic E-state index is 4.78. The van der Waals surface area contributed by atoms with E-state index in [-0.39, 0.29) is 0 Å². The molecule has 0 fully saturated rings. The molecule has 1 aromatic rings. The highest BCUT2D eigenvalue weighted by Crippen LogP contribution is 2.26. The highest BCUT2D eigenvalue weighted by Gasteiger charge is 2.12. The molecule has 1 aromatic heterocycles. The number of aryl methyl sites for hydroxylation is 1. The fourth-order valence-corrected chi connectivity index (χ4v) is 3.02. The van der Waals surface area contributed by atoms with Gasteiger partial charge in [-0.3, -0.25) is 0 Å². The first-order chi connectivity index (χ1) is 9.08. The minimum absolute atomic E-state index is 0.699. The number of hydrogen-bond donors (Lipinski definition) is 1. The molecule has 1 N–H and O–H groups in total. The van der Waals surface area contributed by atoms with Crippen molar-refractivity contribution in [2.75, 3.05) is 25.0 Å². The lowest BCUT2D eigenvalue weighted by molar-refractivity contribution is 0.553. The third-order valence-electron chi connectivity index (χ3n) is 3.11. The van der Waals surface area contributed by atoms with Gasteiger partial charge in [0.15, 0.2) is 5.13 Å². The average molecular weight is 283 g/mol. The van der Waals surface area contributed by atoms with Gasteiger partial charge in [0.25, 0.3) is 0 Å². The zero-order chi connectivity index (χ0) is 14.3. The molecule has 1 rings (SSSR count). The summed E-state index contributed by atoms with van der Waals surface area (Å²) in [5.41, 5.74) is 1.26. The monoisotopic (exact) mass is 283 g/mol. The molecule has 0 unspecified atom stereocenters. The van der Waals surface area contributed by atoms with E-state index in [0.717, 1.165) is 26.1 Å². The third-order valence-corrected chi connectivity index (χ3v) is 4.33. The van der Waals surface area contributed by atoms with Crippen molar-refractivity contribution in [1.29, 1.82) is 0 Å². The van der Waals surface area contributed by atoms with Crippen LogP contribution in [0.25, 0.3) is 0 Å². The summed E-state index contributed by atoms with van der Waals surface area (Å²) >= 11 is 1.85. The van der Waals surface area contributed by atoms with Crippen LogP contribution < -0.4 is 10.2 Å². The fraction of sp³-hybridized carbons (Fsp3) is 0.800. The second kappa shape index (κ2) is 8.54. The number of unbranched alkanes of at least 4 members (excludes halogenated alkanes) is 1. The first kappa shape index (κ1) is 16.4. The van der Waals surface area contributed by atoms with Crippen molar-refractivity contribution in [3.05, 3.63) is 10.6 Å². The normalized spacial score (nSPS) is 11.3. The number of anilines is 1. The van der Waals surface area contributed by atoms with Crippen LogP contribution in [0, 0.1) is 5.92 Å². The Labute approximate surface area is 122 Å². The van der Waals surface area contributed by atoms with Crippen molar-refractivity contribution in [3.63, 3.8) is 0 Å². The number of hydrogen-bond acceptors (Lipinski definition) is 4.